The van der Waals surface area contributed by atoms with Gasteiger partial charge in [-0.15, -0.1) is 0 Å². The molecule has 0 fully saturated rings. The van der Waals surface area contributed by atoms with Gasteiger partial charge in [-0.25, -0.2) is 12.8 Å². The van der Waals surface area contributed by atoms with Crippen molar-refractivity contribution < 1.29 is 12.8 Å². The molecule has 5 heteroatoms. The molecule has 0 aromatic heterocycles. The van der Waals surface area contributed by atoms with Crippen LogP contribution in [0.3, 0.4) is 0 Å². The molecule has 1 aromatic carbocycles. The lowest BCUT2D eigenvalue weighted by atomic mass is 10.2. The van der Waals surface area contributed by atoms with Gasteiger partial charge in [0.15, 0.2) is 9.84 Å². The van der Waals surface area contributed by atoms with E-state index in [9.17, 15) is 12.8 Å². The molecule has 2 N–H and O–H groups in total. The van der Waals surface area contributed by atoms with Crippen LogP contribution >= 0.6 is 0 Å². The molecule has 0 radical (unpaired) electrons. The average Bonchev–Trinajstić information content (AvgIpc) is 2.16. The summed E-state index contributed by atoms with van der Waals surface area (Å²) in [5, 5.41) is 0. The largest absolute Gasteiger partial charge is 0.398 e. The summed E-state index contributed by atoms with van der Waals surface area (Å²) in [7, 11) is -3.41. The minimum atomic E-state index is -3.41. The van der Waals surface area contributed by atoms with Crippen LogP contribution in [0, 0.1) is 11.7 Å². The molecule has 1 rings (SSSR count). The van der Waals surface area contributed by atoms with Crippen molar-refractivity contribution in [2.45, 2.75) is 25.2 Å². The molecule has 3 nitrogen and oxygen atoms in total. The Morgan fingerprint density at radius 1 is 1.44 bits per heavy atom. The summed E-state index contributed by atoms with van der Waals surface area (Å²) in [4.78, 5) is 0.0224. The standard InChI is InChI=1S/C11H16FNO2S/c1-3-8(2)7-16(14,15)11-5-4-9(12)6-10(11)13/h4-6,8H,3,7,13H2,1-2H3. The first-order valence-corrected chi connectivity index (χ1v) is 6.80. The molecular weight excluding hydrogens is 229 g/mol. The minimum absolute atomic E-state index is 0.0224. The van der Waals surface area contributed by atoms with Crippen LogP contribution in [0.1, 0.15) is 20.3 Å². The van der Waals surface area contributed by atoms with E-state index in [-0.39, 0.29) is 22.3 Å². The zero-order valence-electron chi connectivity index (χ0n) is 9.40. The van der Waals surface area contributed by atoms with Crippen LogP contribution in [0.25, 0.3) is 0 Å². The lowest BCUT2D eigenvalue weighted by Gasteiger charge is -2.11. The van der Waals surface area contributed by atoms with Crippen molar-refractivity contribution in [3.05, 3.63) is 24.0 Å². The molecule has 16 heavy (non-hydrogen) atoms. The number of anilines is 1. The summed E-state index contributed by atoms with van der Waals surface area (Å²) in [6, 6.07) is 3.37. The third-order valence-electron chi connectivity index (χ3n) is 2.51. The molecule has 0 amide bonds. The van der Waals surface area contributed by atoms with Crippen LogP contribution in [0.15, 0.2) is 23.1 Å². The van der Waals surface area contributed by atoms with Gasteiger partial charge in [0.05, 0.1) is 16.3 Å². The number of benzene rings is 1. The molecule has 0 heterocycles. The Hall–Kier alpha value is -1.10. The molecule has 0 spiro atoms. The van der Waals surface area contributed by atoms with Gasteiger partial charge in [0.2, 0.25) is 0 Å². The maximum absolute atomic E-state index is 12.8. The third kappa shape index (κ3) is 2.95. The molecule has 0 saturated heterocycles. The molecule has 1 aromatic rings. The van der Waals surface area contributed by atoms with E-state index in [1.54, 1.807) is 0 Å². The highest BCUT2D eigenvalue weighted by molar-refractivity contribution is 7.91. The summed E-state index contributed by atoms with van der Waals surface area (Å²) in [6.07, 6.45) is 0.778. The Bertz CT molecular complexity index is 471. The Balaban J connectivity index is 3.08. The van der Waals surface area contributed by atoms with E-state index in [1.165, 1.54) is 6.07 Å². The Labute approximate surface area is 95.4 Å². The second kappa shape index (κ2) is 4.82. The van der Waals surface area contributed by atoms with Crippen molar-refractivity contribution in [2.24, 2.45) is 5.92 Å². The topological polar surface area (TPSA) is 60.2 Å². The SMILES string of the molecule is CCC(C)CS(=O)(=O)c1ccc(F)cc1N. The minimum Gasteiger partial charge on any atom is -0.398 e. The van der Waals surface area contributed by atoms with E-state index in [0.29, 0.717) is 0 Å². The monoisotopic (exact) mass is 245 g/mol. The second-order valence-electron chi connectivity index (χ2n) is 3.98. The van der Waals surface area contributed by atoms with Gasteiger partial charge in [0.1, 0.15) is 5.82 Å². The smallest absolute Gasteiger partial charge is 0.180 e. The highest BCUT2D eigenvalue weighted by Crippen LogP contribution is 2.22. The van der Waals surface area contributed by atoms with E-state index >= 15 is 0 Å². The number of hydrogen-bond donors (Lipinski definition) is 1. The number of nitrogen functional groups attached to an aromatic ring is 1. The first-order chi connectivity index (χ1) is 7.36. The van der Waals surface area contributed by atoms with Crippen molar-refractivity contribution >= 4 is 15.5 Å². The zero-order chi connectivity index (χ0) is 12.3. The fraction of sp³-hybridized carbons (Fsp3) is 0.455. The lowest BCUT2D eigenvalue weighted by molar-refractivity contribution is 0.564. The van der Waals surface area contributed by atoms with Crippen LogP contribution in [0.2, 0.25) is 0 Å². The van der Waals surface area contributed by atoms with Crippen LogP contribution in [-0.4, -0.2) is 14.2 Å². The van der Waals surface area contributed by atoms with Crippen LogP contribution in [-0.2, 0) is 9.84 Å². The molecule has 0 aliphatic carbocycles. The quantitative estimate of drug-likeness (QED) is 0.653. The molecule has 0 saturated carbocycles. The zero-order valence-corrected chi connectivity index (χ0v) is 10.2. The number of rotatable bonds is 4. The fourth-order valence-electron chi connectivity index (χ4n) is 1.38. The number of hydrogen-bond acceptors (Lipinski definition) is 3. The van der Waals surface area contributed by atoms with Crippen molar-refractivity contribution in [1.29, 1.82) is 0 Å². The lowest BCUT2D eigenvalue weighted by Crippen LogP contribution is -2.15. The summed E-state index contributed by atoms with van der Waals surface area (Å²) in [5.74, 6) is -0.422. The van der Waals surface area contributed by atoms with Crippen molar-refractivity contribution in [2.75, 3.05) is 11.5 Å². The molecular formula is C11H16FNO2S. The van der Waals surface area contributed by atoms with E-state index < -0.39 is 15.7 Å². The molecule has 0 aliphatic rings. The molecule has 0 bridgehead atoms. The van der Waals surface area contributed by atoms with Gasteiger partial charge in [0, 0.05) is 0 Å². The van der Waals surface area contributed by atoms with Gasteiger partial charge < -0.3 is 5.73 Å². The first kappa shape index (κ1) is 13.0. The second-order valence-corrected chi connectivity index (χ2v) is 5.98. The van der Waals surface area contributed by atoms with Crippen molar-refractivity contribution in [1.82, 2.24) is 0 Å². The predicted molar refractivity (Wildman–Crippen MR) is 62.3 cm³/mol. The van der Waals surface area contributed by atoms with Crippen molar-refractivity contribution in [3.63, 3.8) is 0 Å². The maximum Gasteiger partial charge on any atom is 0.180 e. The molecule has 1 unspecified atom stereocenters. The summed E-state index contributed by atoms with van der Waals surface area (Å²) in [5.41, 5.74) is 5.48. The Morgan fingerprint density at radius 2 is 2.06 bits per heavy atom. The number of sulfone groups is 1. The van der Waals surface area contributed by atoms with Gasteiger partial charge in [-0.1, -0.05) is 20.3 Å². The van der Waals surface area contributed by atoms with Crippen LogP contribution in [0.5, 0.6) is 0 Å². The molecule has 0 aliphatic heterocycles. The summed E-state index contributed by atoms with van der Waals surface area (Å²) < 4.78 is 36.7. The van der Waals surface area contributed by atoms with E-state index in [0.717, 1.165) is 18.6 Å². The number of halogens is 1. The normalized spacial score (nSPS) is 13.7. The van der Waals surface area contributed by atoms with E-state index in [4.69, 9.17) is 5.73 Å². The van der Waals surface area contributed by atoms with Gasteiger partial charge >= 0.3 is 0 Å². The van der Waals surface area contributed by atoms with E-state index in [1.807, 2.05) is 13.8 Å². The predicted octanol–water partition coefficient (Wildman–Crippen LogP) is 2.23. The first-order valence-electron chi connectivity index (χ1n) is 5.14. The summed E-state index contributed by atoms with van der Waals surface area (Å²) >= 11 is 0. The van der Waals surface area contributed by atoms with E-state index in [2.05, 4.69) is 0 Å². The number of nitrogens with two attached hydrogens (primary N) is 1. The Morgan fingerprint density at radius 3 is 2.56 bits per heavy atom. The van der Waals surface area contributed by atoms with Crippen LogP contribution in [0.4, 0.5) is 10.1 Å². The Kier molecular flexibility index (Phi) is 3.91. The van der Waals surface area contributed by atoms with Crippen molar-refractivity contribution in [3.8, 4) is 0 Å². The molecule has 1 atom stereocenters. The van der Waals surface area contributed by atoms with Gasteiger partial charge in [0.25, 0.3) is 0 Å². The molecule has 90 valence electrons. The van der Waals surface area contributed by atoms with Gasteiger partial charge in [-0.2, -0.15) is 0 Å². The summed E-state index contributed by atoms with van der Waals surface area (Å²) in [6.45, 7) is 3.78. The van der Waals surface area contributed by atoms with Gasteiger partial charge in [-0.3, -0.25) is 0 Å². The van der Waals surface area contributed by atoms with Gasteiger partial charge in [-0.05, 0) is 24.1 Å². The van der Waals surface area contributed by atoms with Crippen LogP contribution < -0.4 is 5.73 Å². The fourth-order valence-corrected chi connectivity index (χ4v) is 3.24. The maximum atomic E-state index is 12.8. The highest BCUT2D eigenvalue weighted by Gasteiger charge is 2.20. The highest BCUT2D eigenvalue weighted by atomic mass is 32.2. The average molecular weight is 245 g/mol. The third-order valence-corrected chi connectivity index (χ3v) is 4.56.